The van der Waals surface area contributed by atoms with Crippen LogP contribution >= 0.6 is 11.3 Å². The first-order chi connectivity index (χ1) is 22.4. The third kappa shape index (κ3) is 5.91. The van der Waals surface area contributed by atoms with Gasteiger partial charge in [0.1, 0.15) is 22.7 Å². The van der Waals surface area contributed by atoms with Gasteiger partial charge in [-0.25, -0.2) is 19.7 Å². The second kappa shape index (κ2) is 12.7. The molecular formula is C35H39N7O3S. The number of aromatic nitrogens is 5. The van der Waals surface area contributed by atoms with E-state index >= 15 is 0 Å². The molecule has 4 heterocycles. The molecule has 7 rings (SSSR count). The number of fused-ring (bicyclic) bond motifs is 1. The minimum absolute atomic E-state index is 0.0817. The molecule has 10 nitrogen and oxygen atoms in total. The van der Waals surface area contributed by atoms with Gasteiger partial charge >= 0.3 is 6.09 Å². The Morgan fingerprint density at radius 2 is 1.59 bits per heavy atom. The Balaban J connectivity index is 1.06. The van der Waals surface area contributed by atoms with Crippen LogP contribution in [-0.2, 0) is 9.53 Å². The number of imidazole rings is 2. The molecule has 2 amide bonds. The number of nitrogens with zero attached hydrogens (tertiary/aromatic N) is 4. The second-order valence-corrected chi connectivity index (χ2v) is 13.7. The molecule has 0 bridgehead atoms. The summed E-state index contributed by atoms with van der Waals surface area (Å²) < 4.78 is 5.89. The van der Waals surface area contributed by atoms with E-state index in [4.69, 9.17) is 14.7 Å². The molecular weight excluding hydrogens is 598 g/mol. The van der Waals surface area contributed by atoms with Crippen LogP contribution in [0.4, 0.5) is 4.79 Å². The fourth-order valence-corrected chi connectivity index (χ4v) is 7.75. The average molecular weight is 638 g/mol. The molecule has 3 aromatic heterocycles. The molecule has 2 atom stereocenters. The van der Waals surface area contributed by atoms with Crippen molar-refractivity contribution in [3.8, 4) is 33.1 Å². The smallest absolute Gasteiger partial charge is 0.407 e. The number of likely N-dealkylation sites (tertiary alicyclic amines) is 1. The summed E-state index contributed by atoms with van der Waals surface area (Å²) >= 11 is 1.69. The highest BCUT2D eigenvalue weighted by Gasteiger charge is 2.37. The summed E-state index contributed by atoms with van der Waals surface area (Å²) in [5, 5.41) is 3.68. The molecule has 1 aliphatic carbocycles. The average Bonchev–Trinajstić information content (AvgIpc) is 3.91. The number of carbonyl (C=O) groups excluding carboxylic acids is 2. The zero-order valence-corrected chi connectivity index (χ0v) is 27.2. The maximum Gasteiger partial charge on any atom is 0.407 e. The Hall–Kier alpha value is -4.51. The van der Waals surface area contributed by atoms with E-state index in [1.807, 2.05) is 31.1 Å². The quantitative estimate of drug-likeness (QED) is 0.162. The predicted octanol–water partition coefficient (Wildman–Crippen LogP) is 7.45. The summed E-state index contributed by atoms with van der Waals surface area (Å²) in [4.78, 5) is 48.5. The summed E-state index contributed by atoms with van der Waals surface area (Å²) in [5.74, 6) is 2.22. The number of aromatic amines is 2. The van der Waals surface area contributed by atoms with Gasteiger partial charge in [0.2, 0.25) is 5.91 Å². The lowest BCUT2D eigenvalue weighted by atomic mass is 10.0. The van der Waals surface area contributed by atoms with Gasteiger partial charge in [-0.3, -0.25) is 4.79 Å². The molecule has 0 spiro atoms. The molecule has 46 heavy (non-hydrogen) atoms. The van der Waals surface area contributed by atoms with E-state index in [-0.39, 0.29) is 17.9 Å². The van der Waals surface area contributed by atoms with E-state index in [2.05, 4.69) is 62.7 Å². The lowest BCUT2D eigenvalue weighted by Gasteiger charge is -2.30. The van der Waals surface area contributed by atoms with E-state index in [0.717, 1.165) is 67.8 Å². The normalized spacial score (nSPS) is 17.7. The Labute approximate surface area is 272 Å². The standard InChI is InChI=1S/C35H39N7O3S/c1-20(2)30(41-35(44)45-3)34(43)42-16-6-9-28(42)32-37-18-26(39-32)21-10-12-23(13-11-21)33-40-25-15-14-24(17-29(25)46-33)27-19-36-31(38-27)22-7-4-5-8-22/h10-15,17-20,22,28,30H,4-9,16H2,1-3H3,(H,36,38)(H,37,39)(H,41,44)/t28-,30-/m0/s1. The number of methoxy groups -OCH3 is 1. The van der Waals surface area contributed by atoms with Gasteiger partial charge in [-0.05, 0) is 49.3 Å². The zero-order valence-electron chi connectivity index (χ0n) is 26.4. The fraction of sp³-hybridized carbons (Fsp3) is 0.400. The van der Waals surface area contributed by atoms with Gasteiger partial charge in [0.15, 0.2) is 0 Å². The summed E-state index contributed by atoms with van der Waals surface area (Å²) in [6, 6.07) is 13.9. The van der Waals surface area contributed by atoms with Crippen LogP contribution in [0.1, 0.15) is 76.0 Å². The largest absolute Gasteiger partial charge is 0.453 e. The number of amides is 2. The van der Waals surface area contributed by atoms with Gasteiger partial charge in [-0.2, -0.15) is 0 Å². The molecule has 0 unspecified atom stereocenters. The van der Waals surface area contributed by atoms with Crippen molar-refractivity contribution in [2.45, 2.75) is 70.4 Å². The van der Waals surface area contributed by atoms with Crippen molar-refractivity contribution in [3.05, 3.63) is 66.5 Å². The first kappa shape index (κ1) is 30.2. The molecule has 2 fully saturated rings. The molecule has 11 heteroatoms. The van der Waals surface area contributed by atoms with Crippen LogP contribution in [0.3, 0.4) is 0 Å². The van der Waals surface area contributed by atoms with Gasteiger partial charge in [-0.15, -0.1) is 11.3 Å². The number of thiazole rings is 1. The number of nitrogens with one attached hydrogen (secondary N) is 3. The topological polar surface area (TPSA) is 129 Å². The zero-order chi connectivity index (χ0) is 31.8. The number of carbonyl (C=O) groups is 2. The van der Waals surface area contributed by atoms with Gasteiger partial charge < -0.3 is 24.9 Å². The number of H-pyrrole nitrogens is 2. The monoisotopic (exact) mass is 637 g/mol. The van der Waals surface area contributed by atoms with Crippen LogP contribution in [0.25, 0.3) is 43.3 Å². The van der Waals surface area contributed by atoms with Crippen LogP contribution in [0.15, 0.2) is 54.9 Å². The second-order valence-electron chi connectivity index (χ2n) is 12.7. The van der Waals surface area contributed by atoms with Crippen molar-refractivity contribution < 1.29 is 14.3 Å². The molecule has 1 aliphatic heterocycles. The molecule has 5 aromatic rings. The SMILES string of the molecule is COC(=O)N[C@H](C(=O)N1CCC[C@H]1c1ncc(-c2ccc(-c3nc4ccc(-c5cnc(C6CCCC6)[nH]5)cc4s3)cc2)[nH]1)C(C)C. The van der Waals surface area contributed by atoms with E-state index in [0.29, 0.717) is 12.5 Å². The Morgan fingerprint density at radius 1 is 0.913 bits per heavy atom. The first-order valence-electron chi connectivity index (χ1n) is 16.1. The first-order valence-corrected chi connectivity index (χ1v) is 17.0. The molecule has 2 aromatic carbocycles. The van der Waals surface area contributed by atoms with Crippen molar-refractivity contribution >= 4 is 33.6 Å². The molecule has 3 N–H and O–H groups in total. The lowest BCUT2D eigenvalue weighted by Crippen LogP contribution is -2.51. The Bertz CT molecular complexity index is 1850. The summed E-state index contributed by atoms with van der Waals surface area (Å²) in [6.45, 7) is 4.45. The lowest BCUT2D eigenvalue weighted by molar-refractivity contribution is -0.135. The van der Waals surface area contributed by atoms with E-state index in [1.54, 1.807) is 11.3 Å². The number of rotatable bonds is 8. The van der Waals surface area contributed by atoms with Crippen LogP contribution in [0.5, 0.6) is 0 Å². The van der Waals surface area contributed by atoms with Crippen LogP contribution in [-0.4, -0.2) is 61.5 Å². The van der Waals surface area contributed by atoms with Crippen molar-refractivity contribution in [1.82, 2.24) is 35.1 Å². The molecule has 1 saturated heterocycles. The van der Waals surface area contributed by atoms with E-state index in [9.17, 15) is 9.59 Å². The van der Waals surface area contributed by atoms with Crippen molar-refractivity contribution in [2.75, 3.05) is 13.7 Å². The van der Waals surface area contributed by atoms with Crippen LogP contribution < -0.4 is 5.32 Å². The highest BCUT2D eigenvalue weighted by molar-refractivity contribution is 7.21. The third-order valence-electron chi connectivity index (χ3n) is 9.32. The highest BCUT2D eigenvalue weighted by atomic mass is 32.1. The van der Waals surface area contributed by atoms with Gasteiger partial charge in [-0.1, -0.05) is 57.0 Å². The maximum absolute atomic E-state index is 13.5. The highest BCUT2D eigenvalue weighted by Crippen LogP contribution is 2.37. The summed E-state index contributed by atoms with van der Waals surface area (Å²) in [5.41, 5.74) is 6.13. The number of benzene rings is 2. The fourth-order valence-electron chi connectivity index (χ4n) is 6.74. The third-order valence-corrected chi connectivity index (χ3v) is 10.4. The molecule has 238 valence electrons. The van der Waals surface area contributed by atoms with E-state index < -0.39 is 12.1 Å². The number of alkyl carbamates (subject to hydrolysis) is 1. The molecule has 0 radical (unpaired) electrons. The Kier molecular flexibility index (Phi) is 8.33. The summed E-state index contributed by atoms with van der Waals surface area (Å²) in [6.07, 6.45) is 9.89. The minimum atomic E-state index is -0.663. The van der Waals surface area contributed by atoms with Gasteiger partial charge in [0.05, 0.1) is 47.1 Å². The van der Waals surface area contributed by atoms with Crippen molar-refractivity contribution in [3.63, 3.8) is 0 Å². The summed E-state index contributed by atoms with van der Waals surface area (Å²) in [7, 11) is 1.30. The van der Waals surface area contributed by atoms with Gasteiger partial charge in [0.25, 0.3) is 0 Å². The number of ether oxygens (including phenoxy) is 1. The molecule has 2 aliphatic rings. The minimum Gasteiger partial charge on any atom is -0.453 e. The number of hydrogen-bond acceptors (Lipinski definition) is 7. The maximum atomic E-state index is 13.5. The number of hydrogen-bond donors (Lipinski definition) is 3. The van der Waals surface area contributed by atoms with Crippen molar-refractivity contribution in [1.29, 1.82) is 0 Å². The Morgan fingerprint density at radius 3 is 2.33 bits per heavy atom. The van der Waals surface area contributed by atoms with Crippen molar-refractivity contribution in [2.24, 2.45) is 5.92 Å². The predicted molar refractivity (Wildman–Crippen MR) is 179 cm³/mol. The van der Waals surface area contributed by atoms with Crippen LogP contribution in [0, 0.1) is 5.92 Å². The molecule has 1 saturated carbocycles. The van der Waals surface area contributed by atoms with Gasteiger partial charge in [0, 0.05) is 23.6 Å². The van der Waals surface area contributed by atoms with E-state index in [1.165, 1.54) is 32.8 Å². The van der Waals surface area contributed by atoms with Crippen LogP contribution in [0.2, 0.25) is 0 Å².